The summed E-state index contributed by atoms with van der Waals surface area (Å²) in [5, 5.41) is 9.43. The summed E-state index contributed by atoms with van der Waals surface area (Å²) in [6.45, 7) is 5.37. The molecule has 0 saturated carbocycles. The lowest BCUT2D eigenvalue weighted by Gasteiger charge is -2.10. The Labute approximate surface area is 177 Å². The van der Waals surface area contributed by atoms with Crippen molar-refractivity contribution in [3.63, 3.8) is 0 Å². The van der Waals surface area contributed by atoms with Gasteiger partial charge in [-0.15, -0.1) is 0 Å². The van der Waals surface area contributed by atoms with Crippen LogP contribution in [-0.4, -0.2) is 20.2 Å². The van der Waals surface area contributed by atoms with E-state index in [1.165, 1.54) is 19.3 Å². The van der Waals surface area contributed by atoms with Crippen molar-refractivity contribution in [1.82, 2.24) is 9.13 Å². The number of imidazole rings is 1. The minimum atomic E-state index is -0.935. The van der Waals surface area contributed by atoms with E-state index in [1.54, 1.807) is 16.7 Å². The molecule has 0 spiro atoms. The fraction of sp³-hybridized carbons (Fsp3) is 0.360. The van der Waals surface area contributed by atoms with Gasteiger partial charge >= 0.3 is 11.7 Å². The van der Waals surface area contributed by atoms with Gasteiger partial charge in [0.15, 0.2) is 0 Å². The average molecular weight is 407 g/mol. The first kappa shape index (κ1) is 21.6. The molecule has 0 unspecified atom stereocenters. The van der Waals surface area contributed by atoms with Crippen LogP contribution in [0.1, 0.15) is 61.1 Å². The van der Waals surface area contributed by atoms with Crippen LogP contribution < -0.4 is 5.69 Å². The van der Waals surface area contributed by atoms with E-state index in [1.807, 2.05) is 54.1 Å². The molecule has 3 aromatic rings. The van der Waals surface area contributed by atoms with Crippen LogP contribution >= 0.6 is 0 Å². The van der Waals surface area contributed by atoms with E-state index >= 15 is 0 Å². The van der Waals surface area contributed by atoms with Gasteiger partial charge < -0.3 is 5.11 Å². The molecule has 0 atom stereocenters. The maximum Gasteiger partial charge on any atom is 0.336 e. The first-order chi connectivity index (χ1) is 14.5. The topological polar surface area (TPSA) is 64.2 Å². The smallest absolute Gasteiger partial charge is 0.336 e. The van der Waals surface area contributed by atoms with E-state index in [9.17, 15) is 14.7 Å². The van der Waals surface area contributed by atoms with Crippen molar-refractivity contribution in [3.8, 4) is 11.1 Å². The summed E-state index contributed by atoms with van der Waals surface area (Å²) in [5.74, 6) is -0.935. The Kier molecular flexibility index (Phi) is 7.28. The number of aromatic nitrogens is 2. The highest BCUT2D eigenvalue weighted by Gasteiger charge is 2.13. The molecule has 0 amide bonds. The summed E-state index contributed by atoms with van der Waals surface area (Å²) >= 11 is 0. The zero-order chi connectivity index (χ0) is 21.5. The zero-order valence-corrected chi connectivity index (χ0v) is 17.8. The maximum absolute atomic E-state index is 12.8. The predicted octanol–water partition coefficient (Wildman–Crippen LogP) is 5.21. The maximum atomic E-state index is 12.8. The normalized spacial score (nSPS) is 11.0. The van der Waals surface area contributed by atoms with Gasteiger partial charge in [-0.2, -0.15) is 0 Å². The van der Waals surface area contributed by atoms with Gasteiger partial charge in [0.25, 0.3) is 0 Å². The highest BCUT2D eigenvalue weighted by molar-refractivity contribution is 5.95. The summed E-state index contributed by atoms with van der Waals surface area (Å²) in [5.41, 5.74) is 3.98. The first-order valence-corrected chi connectivity index (χ1v) is 10.8. The number of nitrogens with zero attached hydrogens (tertiary/aromatic N) is 2. The number of aromatic carboxylic acids is 1. The first-order valence-electron chi connectivity index (χ1n) is 10.8. The van der Waals surface area contributed by atoms with Gasteiger partial charge in [-0.1, -0.05) is 68.7 Å². The van der Waals surface area contributed by atoms with Crippen molar-refractivity contribution in [2.24, 2.45) is 0 Å². The second kappa shape index (κ2) is 10.1. The van der Waals surface area contributed by atoms with Gasteiger partial charge in [0.2, 0.25) is 0 Å². The second-order valence-electron chi connectivity index (χ2n) is 7.63. The number of benzene rings is 2. The van der Waals surface area contributed by atoms with E-state index in [-0.39, 0.29) is 11.3 Å². The monoisotopic (exact) mass is 406 g/mol. The number of rotatable bonds is 10. The third kappa shape index (κ3) is 4.90. The molecule has 3 rings (SSSR count). The molecule has 5 heteroatoms. The Morgan fingerprint density at radius 2 is 1.70 bits per heavy atom. The Balaban J connectivity index is 1.83. The van der Waals surface area contributed by atoms with Gasteiger partial charge in [0.1, 0.15) is 0 Å². The van der Waals surface area contributed by atoms with E-state index < -0.39 is 5.97 Å². The fourth-order valence-electron chi connectivity index (χ4n) is 3.80. The number of carboxylic acid groups (broad SMARTS) is 1. The number of unbranched alkanes of at least 4 members (excludes halogenated alkanes) is 3. The Morgan fingerprint density at radius 1 is 0.967 bits per heavy atom. The lowest BCUT2D eigenvalue weighted by atomic mass is 9.99. The number of hydrogen-bond donors (Lipinski definition) is 1. The summed E-state index contributed by atoms with van der Waals surface area (Å²) in [6, 6.07) is 14.8. The van der Waals surface area contributed by atoms with E-state index in [4.69, 9.17) is 0 Å². The minimum absolute atomic E-state index is 0.0308. The molecule has 0 saturated heterocycles. The molecule has 0 aliphatic heterocycles. The van der Waals surface area contributed by atoms with Crippen molar-refractivity contribution < 1.29 is 9.90 Å². The van der Waals surface area contributed by atoms with Gasteiger partial charge in [-0.25, -0.2) is 9.59 Å². The number of carboxylic acids is 1. The zero-order valence-electron chi connectivity index (χ0n) is 17.8. The lowest BCUT2D eigenvalue weighted by molar-refractivity contribution is 0.0697. The molecule has 158 valence electrons. The highest BCUT2D eigenvalue weighted by Crippen LogP contribution is 2.24. The van der Waals surface area contributed by atoms with Crippen molar-refractivity contribution in [2.45, 2.75) is 59.0 Å². The minimum Gasteiger partial charge on any atom is -0.478 e. The Bertz CT molecular complexity index is 1050. The van der Waals surface area contributed by atoms with Gasteiger partial charge in [-0.05, 0) is 42.5 Å². The summed E-state index contributed by atoms with van der Waals surface area (Å²) < 4.78 is 3.64. The number of aryl methyl sites for hydroxylation is 2. The molecule has 2 aromatic carbocycles. The third-order valence-corrected chi connectivity index (χ3v) is 5.52. The van der Waals surface area contributed by atoms with Gasteiger partial charge in [0, 0.05) is 18.4 Å². The van der Waals surface area contributed by atoms with Gasteiger partial charge in [0.05, 0.1) is 12.1 Å². The quantitative estimate of drug-likeness (QED) is 0.470. The van der Waals surface area contributed by atoms with Crippen LogP contribution in [0, 0.1) is 0 Å². The standard InChI is InChI=1S/C25H30N2O3/c1-3-5-6-7-10-21-18-26(4-2)25(30)27(21)17-19-13-15-20(16-14-19)22-11-8-9-12-23(22)24(28)29/h8-9,11-16,18H,3-7,10,17H2,1-2H3,(H,28,29). The molecular formula is C25H30N2O3. The Hall–Kier alpha value is -3.08. The molecule has 0 fully saturated rings. The average Bonchev–Trinajstić information content (AvgIpc) is 3.06. The van der Waals surface area contributed by atoms with Crippen LogP contribution in [0.2, 0.25) is 0 Å². The Morgan fingerprint density at radius 3 is 2.37 bits per heavy atom. The molecule has 30 heavy (non-hydrogen) atoms. The summed E-state index contributed by atoms with van der Waals surface area (Å²) in [7, 11) is 0. The van der Waals surface area contributed by atoms with Crippen LogP contribution in [0.3, 0.4) is 0 Å². The van der Waals surface area contributed by atoms with Crippen molar-refractivity contribution in [3.05, 3.63) is 82.0 Å². The van der Waals surface area contributed by atoms with Crippen LogP contribution in [0.4, 0.5) is 0 Å². The van der Waals surface area contributed by atoms with Crippen LogP contribution in [0.5, 0.6) is 0 Å². The number of carbonyl (C=O) groups is 1. The fourth-order valence-corrected chi connectivity index (χ4v) is 3.80. The van der Waals surface area contributed by atoms with Crippen LogP contribution in [0.25, 0.3) is 11.1 Å². The molecule has 0 aliphatic carbocycles. The highest BCUT2D eigenvalue weighted by atomic mass is 16.4. The molecule has 0 radical (unpaired) electrons. The molecule has 0 bridgehead atoms. The largest absolute Gasteiger partial charge is 0.478 e. The molecule has 1 N–H and O–H groups in total. The SMILES string of the molecule is CCCCCCc1cn(CC)c(=O)n1Cc1ccc(-c2ccccc2C(=O)O)cc1. The van der Waals surface area contributed by atoms with Gasteiger partial charge in [-0.3, -0.25) is 9.13 Å². The van der Waals surface area contributed by atoms with E-state index in [0.29, 0.717) is 18.7 Å². The molecule has 1 heterocycles. The van der Waals surface area contributed by atoms with Crippen LogP contribution in [-0.2, 0) is 19.5 Å². The lowest BCUT2D eigenvalue weighted by Crippen LogP contribution is -2.25. The second-order valence-corrected chi connectivity index (χ2v) is 7.63. The molecule has 0 aliphatic rings. The number of hydrogen-bond acceptors (Lipinski definition) is 2. The molecule has 1 aromatic heterocycles. The van der Waals surface area contributed by atoms with E-state index in [2.05, 4.69) is 6.92 Å². The third-order valence-electron chi connectivity index (χ3n) is 5.52. The van der Waals surface area contributed by atoms with Crippen LogP contribution in [0.15, 0.2) is 59.5 Å². The molecule has 5 nitrogen and oxygen atoms in total. The van der Waals surface area contributed by atoms with Crippen molar-refractivity contribution >= 4 is 5.97 Å². The molecular weight excluding hydrogens is 376 g/mol. The predicted molar refractivity (Wildman–Crippen MR) is 120 cm³/mol. The summed E-state index contributed by atoms with van der Waals surface area (Å²) in [4.78, 5) is 24.3. The summed E-state index contributed by atoms with van der Waals surface area (Å²) in [6.07, 6.45) is 7.59. The van der Waals surface area contributed by atoms with Crippen molar-refractivity contribution in [1.29, 1.82) is 0 Å². The van der Waals surface area contributed by atoms with Crippen molar-refractivity contribution in [2.75, 3.05) is 0 Å². The van der Waals surface area contributed by atoms with E-state index in [0.717, 1.165) is 29.7 Å².